The minimum absolute atomic E-state index is 0.257. The molecule has 0 fully saturated rings. The number of hydrogen-bond donors (Lipinski definition) is 1. The largest absolute Gasteiger partial charge is 0.396 e. The fourth-order valence-corrected chi connectivity index (χ4v) is 4.91. The first kappa shape index (κ1) is 14.2. The normalized spacial score (nSPS) is 13.4. The van der Waals surface area contributed by atoms with Crippen LogP contribution in [0.2, 0.25) is 19.1 Å². The predicted molar refractivity (Wildman–Crippen MR) is 78.4 cm³/mol. The van der Waals surface area contributed by atoms with Crippen LogP contribution in [0.3, 0.4) is 0 Å². The van der Waals surface area contributed by atoms with Gasteiger partial charge >= 0.3 is 0 Å². The van der Waals surface area contributed by atoms with Gasteiger partial charge in [-0.25, -0.2) is 0 Å². The van der Waals surface area contributed by atoms with Gasteiger partial charge < -0.3 is 5.11 Å². The molecule has 0 saturated heterocycles. The van der Waals surface area contributed by atoms with Crippen molar-refractivity contribution in [1.29, 1.82) is 0 Å². The second-order valence-electron chi connectivity index (χ2n) is 5.50. The summed E-state index contributed by atoms with van der Waals surface area (Å²) in [7, 11) is -1.42. The smallest absolute Gasteiger partial charge is 0.0845 e. The topological polar surface area (TPSA) is 20.2 Å². The lowest BCUT2D eigenvalue weighted by Gasteiger charge is -2.26. The monoisotopic (exact) mass is 248 g/mol. The molecular formula is C15H24OSi. The summed E-state index contributed by atoms with van der Waals surface area (Å²) < 4.78 is 0. The molecule has 1 rings (SSSR count). The zero-order valence-corrected chi connectivity index (χ0v) is 12.2. The van der Waals surface area contributed by atoms with E-state index in [0.29, 0.717) is 5.92 Å². The van der Waals surface area contributed by atoms with E-state index in [1.165, 1.54) is 10.8 Å². The summed E-state index contributed by atoms with van der Waals surface area (Å²) in [6.45, 7) is 11.4. The molecule has 0 heterocycles. The lowest BCUT2D eigenvalue weighted by molar-refractivity contribution is 0.271. The Morgan fingerprint density at radius 1 is 1.29 bits per heavy atom. The van der Waals surface area contributed by atoms with E-state index in [1.54, 1.807) is 0 Å². The van der Waals surface area contributed by atoms with E-state index in [0.717, 1.165) is 12.5 Å². The fraction of sp³-hybridized carbons (Fsp3) is 0.467. The molecule has 1 aromatic rings. The van der Waals surface area contributed by atoms with Gasteiger partial charge in [0.15, 0.2) is 0 Å². The second-order valence-corrected chi connectivity index (χ2v) is 10.2. The summed E-state index contributed by atoms with van der Waals surface area (Å²) in [5.74, 6) is 0.426. The Morgan fingerprint density at radius 3 is 2.41 bits per heavy atom. The number of rotatable bonds is 6. The van der Waals surface area contributed by atoms with Gasteiger partial charge in [-0.3, -0.25) is 0 Å². The van der Waals surface area contributed by atoms with Gasteiger partial charge in [-0.2, -0.15) is 0 Å². The molecule has 0 bridgehead atoms. The van der Waals surface area contributed by atoms with Crippen LogP contribution in [0.15, 0.2) is 42.5 Å². The molecule has 1 atom stereocenters. The Hall–Kier alpha value is -0.863. The van der Waals surface area contributed by atoms with Gasteiger partial charge in [-0.15, -0.1) is 0 Å². The molecule has 1 aromatic carbocycles. The maximum Gasteiger partial charge on any atom is 0.0845 e. The highest BCUT2D eigenvalue weighted by Crippen LogP contribution is 2.23. The Balaban J connectivity index is 2.70. The Kier molecular flexibility index (Phi) is 5.16. The third kappa shape index (κ3) is 4.13. The fourth-order valence-electron chi connectivity index (χ4n) is 2.13. The molecule has 0 aliphatic carbocycles. The van der Waals surface area contributed by atoms with Crippen molar-refractivity contribution < 1.29 is 5.11 Å². The van der Waals surface area contributed by atoms with Gasteiger partial charge in [0, 0.05) is 6.61 Å². The van der Waals surface area contributed by atoms with Crippen LogP contribution in [0.25, 0.3) is 0 Å². The molecule has 94 valence electrons. The molecule has 17 heavy (non-hydrogen) atoms. The van der Waals surface area contributed by atoms with Crippen molar-refractivity contribution in [2.75, 3.05) is 6.61 Å². The number of allylic oxidation sites excluding steroid dienone is 1. The van der Waals surface area contributed by atoms with E-state index in [-0.39, 0.29) is 6.61 Å². The molecule has 0 aliphatic heterocycles. The van der Waals surface area contributed by atoms with Gasteiger partial charge in [0.25, 0.3) is 0 Å². The molecule has 0 aliphatic rings. The Bertz CT molecular complexity index is 356. The zero-order chi connectivity index (χ0) is 12.9. The van der Waals surface area contributed by atoms with Crippen molar-refractivity contribution in [2.24, 2.45) is 5.92 Å². The average molecular weight is 248 g/mol. The van der Waals surface area contributed by atoms with Crippen LogP contribution in [0.1, 0.15) is 13.3 Å². The summed E-state index contributed by atoms with van der Waals surface area (Å²) >= 11 is 0. The molecule has 0 spiro atoms. The molecule has 0 amide bonds. The van der Waals surface area contributed by atoms with E-state index in [2.05, 4.69) is 56.9 Å². The van der Waals surface area contributed by atoms with Crippen LogP contribution in [0, 0.1) is 5.92 Å². The first-order valence-electron chi connectivity index (χ1n) is 6.31. The summed E-state index contributed by atoms with van der Waals surface area (Å²) in [5, 5.41) is 10.5. The van der Waals surface area contributed by atoms with Gasteiger partial charge in [0.1, 0.15) is 0 Å². The van der Waals surface area contributed by atoms with Gasteiger partial charge in [0.05, 0.1) is 8.07 Å². The van der Waals surface area contributed by atoms with Crippen LogP contribution in [-0.2, 0) is 0 Å². The predicted octanol–water partition coefficient (Wildman–Crippen LogP) is 3.18. The lowest BCUT2D eigenvalue weighted by atomic mass is 10.0. The van der Waals surface area contributed by atoms with Crippen molar-refractivity contribution in [3.8, 4) is 0 Å². The van der Waals surface area contributed by atoms with Gasteiger partial charge in [-0.1, -0.05) is 67.7 Å². The second kappa shape index (κ2) is 6.17. The van der Waals surface area contributed by atoms with Crippen molar-refractivity contribution in [2.45, 2.75) is 32.5 Å². The maximum absolute atomic E-state index is 8.97. The average Bonchev–Trinajstić information content (AvgIpc) is 2.30. The molecular weight excluding hydrogens is 224 g/mol. The minimum Gasteiger partial charge on any atom is -0.396 e. The Morgan fingerprint density at radius 2 is 1.88 bits per heavy atom. The summed E-state index contributed by atoms with van der Waals surface area (Å²) in [6.07, 6.45) is 0.831. The first-order chi connectivity index (χ1) is 7.97. The van der Waals surface area contributed by atoms with Crippen molar-refractivity contribution in [3.63, 3.8) is 0 Å². The van der Waals surface area contributed by atoms with E-state index >= 15 is 0 Å². The van der Waals surface area contributed by atoms with E-state index < -0.39 is 8.07 Å². The maximum atomic E-state index is 8.97. The first-order valence-corrected chi connectivity index (χ1v) is 9.52. The van der Waals surface area contributed by atoms with Crippen molar-refractivity contribution >= 4 is 13.3 Å². The zero-order valence-electron chi connectivity index (χ0n) is 11.2. The Labute approximate surface area is 106 Å². The van der Waals surface area contributed by atoms with Crippen LogP contribution in [-0.4, -0.2) is 19.8 Å². The quantitative estimate of drug-likeness (QED) is 0.605. The number of hydrogen-bond acceptors (Lipinski definition) is 1. The molecule has 2 heteroatoms. The minimum atomic E-state index is -1.42. The summed E-state index contributed by atoms with van der Waals surface area (Å²) in [5.41, 5.74) is 1.29. The van der Waals surface area contributed by atoms with Gasteiger partial charge in [-0.05, 0) is 18.4 Å². The summed E-state index contributed by atoms with van der Waals surface area (Å²) in [6, 6.07) is 11.9. The summed E-state index contributed by atoms with van der Waals surface area (Å²) in [4.78, 5) is 0. The van der Waals surface area contributed by atoms with Crippen LogP contribution in [0.4, 0.5) is 0 Å². The molecule has 0 unspecified atom stereocenters. The molecule has 1 nitrogen and oxygen atoms in total. The molecule has 0 radical (unpaired) electrons. The third-order valence-corrected chi connectivity index (χ3v) is 6.72. The van der Waals surface area contributed by atoms with Crippen LogP contribution >= 0.6 is 0 Å². The molecule has 0 saturated carbocycles. The highest BCUT2D eigenvalue weighted by atomic mass is 28.3. The SMILES string of the molecule is C=C(C[Si](C)(C)c1ccccc1)[C@H](C)CCO. The van der Waals surface area contributed by atoms with Crippen LogP contribution in [0.5, 0.6) is 0 Å². The highest BCUT2D eigenvalue weighted by Gasteiger charge is 2.25. The van der Waals surface area contributed by atoms with Crippen LogP contribution < -0.4 is 5.19 Å². The number of benzene rings is 1. The standard InChI is InChI=1S/C15H24OSi/c1-13(10-11-16)14(2)12-17(3,4)15-8-6-5-7-9-15/h5-9,13,16H,2,10-12H2,1,3-4H3/t13-/m1/s1. The highest BCUT2D eigenvalue weighted by molar-refractivity contribution is 6.90. The lowest BCUT2D eigenvalue weighted by Crippen LogP contribution is -2.41. The van der Waals surface area contributed by atoms with Crippen molar-refractivity contribution in [1.82, 2.24) is 0 Å². The number of aliphatic hydroxyl groups excluding tert-OH is 1. The number of aliphatic hydroxyl groups is 1. The van der Waals surface area contributed by atoms with E-state index in [1.807, 2.05) is 0 Å². The molecule has 1 N–H and O–H groups in total. The third-order valence-electron chi connectivity index (χ3n) is 3.48. The van der Waals surface area contributed by atoms with Crippen molar-refractivity contribution in [3.05, 3.63) is 42.5 Å². The molecule has 0 aromatic heterocycles. The van der Waals surface area contributed by atoms with E-state index in [9.17, 15) is 0 Å². The van der Waals surface area contributed by atoms with Gasteiger partial charge in [0.2, 0.25) is 0 Å². The van der Waals surface area contributed by atoms with E-state index in [4.69, 9.17) is 5.11 Å².